The van der Waals surface area contributed by atoms with Crippen LogP contribution in [-0.4, -0.2) is 32.2 Å². The molecule has 0 amide bonds. The zero-order chi connectivity index (χ0) is 11.8. The zero-order valence-electron chi connectivity index (χ0n) is 10.1. The van der Waals surface area contributed by atoms with Crippen molar-refractivity contribution in [2.45, 2.75) is 32.4 Å². The van der Waals surface area contributed by atoms with Crippen LogP contribution in [0.15, 0.2) is 0 Å². The normalized spacial score (nSPS) is 31.7. The van der Waals surface area contributed by atoms with Crippen molar-refractivity contribution in [3.8, 4) is 0 Å². The predicted octanol–water partition coefficient (Wildman–Crippen LogP) is 2.29. The molecule has 1 aliphatic heterocycles. The van der Waals surface area contributed by atoms with E-state index in [0.29, 0.717) is 31.3 Å². The van der Waals surface area contributed by atoms with Gasteiger partial charge in [0.15, 0.2) is 0 Å². The Balaban J connectivity index is 1.87. The van der Waals surface area contributed by atoms with Crippen molar-refractivity contribution in [3.63, 3.8) is 0 Å². The maximum atomic E-state index is 12.7. The van der Waals surface area contributed by atoms with Gasteiger partial charge < -0.3 is 4.74 Å². The van der Waals surface area contributed by atoms with Gasteiger partial charge in [0.25, 0.3) is 0 Å². The predicted molar refractivity (Wildman–Crippen MR) is 58.6 cm³/mol. The van der Waals surface area contributed by atoms with Gasteiger partial charge in [-0.1, -0.05) is 13.8 Å². The molecule has 1 heterocycles. The molecule has 4 heteroatoms. The van der Waals surface area contributed by atoms with Gasteiger partial charge in [-0.05, 0) is 11.8 Å². The van der Waals surface area contributed by atoms with Crippen LogP contribution in [0.25, 0.3) is 0 Å². The molecule has 94 valence electrons. The second-order valence-electron chi connectivity index (χ2n) is 5.81. The highest BCUT2D eigenvalue weighted by atomic mass is 19.1. The van der Waals surface area contributed by atoms with Crippen LogP contribution in [0.5, 0.6) is 0 Å². The molecule has 1 unspecified atom stereocenters. The topological polar surface area (TPSA) is 21.3 Å². The highest BCUT2D eigenvalue weighted by Gasteiger charge is 2.57. The Morgan fingerprint density at radius 1 is 1.31 bits per heavy atom. The molecule has 0 aromatic carbocycles. The van der Waals surface area contributed by atoms with Gasteiger partial charge in [0, 0.05) is 24.8 Å². The third-order valence-corrected chi connectivity index (χ3v) is 4.09. The molecule has 2 aliphatic rings. The Labute approximate surface area is 95.7 Å². The largest absolute Gasteiger partial charge is 0.360 e. The Bertz CT molecular complexity index is 235. The van der Waals surface area contributed by atoms with Crippen LogP contribution in [0, 0.1) is 17.3 Å². The molecule has 16 heavy (non-hydrogen) atoms. The lowest BCUT2D eigenvalue weighted by Gasteiger charge is -2.56. The molecule has 1 atom stereocenters. The maximum Gasteiger partial charge on any atom is 0.120 e. The minimum Gasteiger partial charge on any atom is -0.360 e. The second kappa shape index (κ2) is 4.22. The zero-order valence-corrected chi connectivity index (χ0v) is 10.1. The molecule has 0 radical (unpaired) electrons. The summed E-state index contributed by atoms with van der Waals surface area (Å²) in [4.78, 5) is 0. The fourth-order valence-electron chi connectivity index (χ4n) is 2.73. The number of alkyl halides is 2. The second-order valence-corrected chi connectivity index (χ2v) is 5.81. The molecular weight excluding hydrogens is 212 g/mol. The number of hydrogen-bond donors (Lipinski definition) is 1. The number of ether oxygens (including phenoxy) is 1. The van der Waals surface area contributed by atoms with Crippen LogP contribution in [0.4, 0.5) is 8.78 Å². The van der Waals surface area contributed by atoms with Gasteiger partial charge >= 0.3 is 0 Å². The number of halogens is 2. The first kappa shape index (κ1) is 12.2. The van der Waals surface area contributed by atoms with Crippen molar-refractivity contribution >= 4 is 0 Å². The highest BCUT2D eigenvalue weighted by molar-refractivity contribution is 5.05. The van der Waals surface area contributed by atoms with Crippen molar-refractivity contribution in [1.82, 2.24) is 5.32 Å². The van der Waals surface area contributed by atoms with E-state index < -0.39 is 24.5 Å². The Morgan fingerprint density at radius 3 is 2.31 bits per heavy atom. The van der Waals surface area contributed by atoms with Crippen molar-refractivity contribution in [3.05, 3.63) is 0 Å². The Kier molecular flexibility index (Phi) is 3.23. The van der Waals surface area contributed by atoms with Gasteiger partial charge in [-0.2, -0.15) is 0 Å². The first-order valence-electron chi connectivity index (χ1n) is 6.06. The average Bonchev–Trinajstić information content (AvgIpc) is 2.25. The van der Waals surface area contributed by atoms with E-state index in [2.05, 4.69) is 19.2 Å². The molecule has 1 spiro atoms. The van der Waals surface area contributed by atoms with Crippen molar-refractivity contribution in [2.75, 3.05) is 26.5 Å². The summed E-state index contributed by atoms with van der Waals surface area (Å²) >= 11 is 0. The van der Waals surface area contributed by atoms with Crippen LogP contribution in [0.1, 0.15) is 26.7 Å². The molecule has 1 N–H and O–H groups in total. The van der Waals surface area contributed by atoms with Crippen LogP contribution in [-0.2, 0) is 4.74 Å². The van der Waals surface area contributed by atoms with Crippen LogP contribution < -0.4 is 5.32 Å². The smallest absolute Gasteiger partial charge is 0.120 e. The van der Waals surface area contributed by atoms with E-state index in [4.69, 9.17) is 4.74 Å². The Hall–Kier alpha value is -0.220. The molecule has 2 nitrogen and oxygen atoms in total. The van der Waals surface area contributed by atoms with Crippen molar-refractivity contribution in [2.24, 2.45) is 17.3 Å². The average molecular weight is 233 g/mol. The highest BCUT2D eigenvalue weighted by Crippen LogP contribution is 2.51. The standard InChI is InChI=1S/C12H21F2NO/c1-9(2)10-3-15-12(16-4-10)5-11(6-12,7-13)8-14/h9-10,15H,3-8H2,1-2H3. The van der Waals surface area contributed by atoms with E-state index in [1.165, 1.54) is 0 Å². The lowest BCUT2D eigenvalue weighted by Crippen LogP contribution is -2.67. The molecule has 2 rings (SSSR count). The minimum absolute atomic E-state index is 0.427. The third kappa shape index (κ3) is 1.97. The van der Waals surface area contributed by atoms with E-state index in [1.807, 2.05) is 0 Å². The number of hydrogen-bond acceptors (Lipinski definition) is 2. The van der Waals surface area contributed by atoms with E-state index in [9.17, 15) is 8.78 Å². The summed E-state index contributed by atoms with van der Waals surface area (Å²) in [6.07, 6.45) is 0.940. The molecule has 0 aromatic rings. The molecule has 0 bridgehead atoms. The molecular formula is C12H21F2NO. The van der Waals surface area contributed by atoms with Gasteiger partial charge in [-0.15, -0.1) is 0 Å². The number of rotatable bonds is 3. The molecule has 2 fully saturated rings. The summed E-state index contributed by atoms with van der Waals surface area (Å²) in [6, 6.07) is 0. The third-order valence-electron chi connectivity index (χ3n) is 4.09. The lowest BCUT2D eigenvalue weighted by atomic mass is 9.63. The SMILES string of the molecule is CC(C)C1CNC2(CC(CF)(CF)C2)OC1. The van der Waals surface area contributed by atoms with Crippen LogP contribution in [0.2, 0.25) is 0 Å². The minimum atomic E-state index is -0.766. The summed E-state index contributed by atoms with van der Waals surface area (Å²) in [5.74, 6) is 1.09. The summed E-state index contributed by atoms with van der Waals surface area (Å²) < 4.78 is 31.2. The first-order valence-corrected chi connectivity index (χ1v) is 6.06. The monoisotopic (exact) mass is 233 g/mol. The van der Waals surface area contributed by atoms with Crippen LogP contribution >= 0.6 is 0 Å². The molecule has 1 saturated carbocycles. The number of nitrogens with one attached hydrogen (secondary N) is 1. The van der Waals surface area contributed by atoms with Crippen LogP contribution in [0.3, 0.4) is 0 Å². The Morgan fingerprint density at radius 2 is 1.94 bits per heavy atom. The molecule has 0 aromatic heterocycles. The summed E-state index contributed by atoms with van der Waals surface area (Å²) in [7, 11) is 0. The van der Waals surface area contributed by atoms with Crippen molar-refractivity contribution < 1.29 is 13.5 Å². The fraction of sp³-hybridized carbons (Fsp3) is 1.00. The van der Waals surface area contributed by atoms with Gasteiger partial charge in [0.2, 0.25) is 0 Å². The van der Waals surface area contributed by atoms with Crippen molar-refractivity contribution in [1.29, 1.82) is 0 Å². The van der Waals surface area contributed by atoms with E-state index in [1.54, 1.807) is 0 Å². The van der Waals surface area contributed by atoms with Gasteiger partial charge in [0.1, 0.15) is 5.72 Å². The van der Waals surface area contributed by atoms with Gasteiger partial charge in [0.05, 0.1) is 20.0 Å². The maximum absolute atomic E-state index is 12.7. The first-order chi connectivity index (χ1) is 7.55. The molecule has 1 aliphatic carbocycles. The van der Waals surface area contributed by atoms with E-state index >= 15 is 0 Å². The summed E-state index contributed by atoms with van der Waals surface area (Å²) in [5, 5.41) is 3.33. The fourth-order valence-corrected chi connectivity index (χ4v) is 2.73. The van der Waals surface area contributed by atoms with Gasteiger partial charge in [-0.25, -0.2) is 0 Å². The quantitative estimate of drug-likeness (QED) is 0.807. The lowest BCUT2D eigenvalue weighted by molar-refractivity contribution is -0.226. The summed E-state index contributed by atoms with van der Waals surface area (Å²) in [5.41, 5.74) is -1.19. The summed E-state index contributed by atoms with van der Waals surface area (Å²) in [6.45, 7) is 4.78. The molecule has 1 saturated heterocycles. The van der Waals surface area contributed by atoms with E-state index in [-0.39, 0.29) is 0 Å². The van der Waals surface area contributed by atoms with Gasteiger partial charge in [-0.3, -0.25) is 14.1 Å². The van der Waals surface area contributed by atoms with E-state index in [0.717, 1.165) is 6.54 Å².